The molecule has 0 amide bonds. The number of hydrogen-bond donors (Lipinski definition) is 0. The van der Waals surface area contributed by atoms with Gasteiger partial charge in [0, 0.05) is 18.1 Å². The fourth-order valence-corrected chi connectivity index (χ4v) is 9.74. The molecule has 0 spiro atoms. The van der Waals surface area contributed by atoms with Gasteiger partial charge in [-0.15, -0.1) is 0 Å². The van der Waals surface area contributed by atoms with Crippen LogP contribution in [0.1, 0.15) is 88.5 Å². The van der Waals surface area contributed by atoms with Crippen LogP contribution in [0.3, 0.4) is 0 Å². The van der Waals surface area contributed by atoms with Gasteiger partial charge in [-0.1, -0.05) is 56.0 Å². The van der Waals surface area contributed by atoms with Crippen LogP contribution in [-0.4, -0.2) is 35.2 Å². The summed E-state index contributed by atoms with van der Waals surface area (Å²) < 4.78 is 6.90. The van der Waals surface area contributed by atoms with Crippen molar-refractivity contribution in [3.05, 3.63) is 35.9 Å². The van der Waals surface area contributed by atoms with Gasteiger partial charge in [0.05, 0.1) is 12.2 Å². The van der Waals surface area contributed by atoms with Gasteiger partial charge >= 0.3 is 0 Å². The third kappa shape index (κ3) is 2.68. The number of nitrogens with zero attached hydrogens (tertiary/aromatic N) is 1. The zero-order valence-electron chi connectivity index (χ0n) is 18.5. The van der Waals surface area contributed by atoms with Crippen molar-refractivity contribution in [1.29, 1.82) is 0 Å². The first kappa shape index (κ1) is 18.7. The Hall–Kier alpha value is -0.860. The van der Waals surface area contributed by atoms with Crippen molar-refractivity contribution < 1.29 is 4.74 Å². The number of fused-ring (bicyclic) bond motifs is 4. The monoisotopic (exact) mass is 405 g/mol. The van der Waals surface area contributed by atoms with Gasteiger partial charge in [0.15, 0.2) is 0 Å². The minimum atomic E-state index is 0.546. The lowest BCUT2D eigenvalue weighted by molar-refractivity contribution is -0.248. The van der Waals surface area contributed by atoms with Gasteiger partial charge < -0.3 is 4.74 Å². The van der Waals surface area contributed by atoms with Gasteiger partial charge in [0.2, 0.25) is 0 Å². The number of benzene rings is 1. The van der Waals surface area contributed by atoms with Crippen LogP contribution in [0.5, 0.6) is 0 Å². The Bertz CT molecular complexity index is 763. The van der Waals surface area contributed by atoms with E-state index in [1.807, 2.05) is 0 Å². The van der Waals surface area contributed by atoms with Crippen LogP contribution >= 0.6 is 0 Å². The van der Waals surface area contributed by atoms with Crippen molar-refractivity contribution in [1.82, 2.24) is 4.90 Å². The first-order chi connectivity index (χ1) is 14.9. The molecular formula is C28H39NO. The van der Waals surface area contributed by atoms with E-state index < -0.39 is 0 Å². The van der Waals surface area contributed by atoms with Gasteiger partial charge in [-0.2, -0.15) is 0 Å². The lowest BCUT2D eigenvalue weighted by Crippen LogP contribution is -2.74. The molecular weight excluding hydrogens is 366 g/mol. The molecule has 2 nitrogen and oxygen atoms in total. The molecule has 7 rings (SSSR count). The van der Waals surface area contributed by atoms with E-state index in [0.29, 0.717) is 12.2 Å². The summed E-state index contributed by atoms with van der Waals surface area (Å²) in [6.07, 6.45) is 18.2. The predicted octanol–water partition coefficient (Wildman–Crippen LogP) is 6.16. The molecule has 4 aliphatic carbocycles. The van der Waals surface area contributed by atoms with E-state index in [2.05, 4.69) is 35.2 Å². The lowest BCUT2D eigenvalue weighted by atomic mass is 9.50. The van der Waals surface area contributed by atoms with E-state index >= 15 is 0 Å². The lowest BCUT2D eigenvalue weighted by Gasteiger charge is -2.68. The molecule has 0 aromatic heterocycles. The van der Waals surface area contributed by atoms with Crippen LogP contribution in [0.4, 0.5) is 0 Å². The van der Waals surface area contributed by atoms with E-state index in [9.17, 15) is 0 Å². The molecule has 2 heteroatoms. The van der Waals surface area contributed by atoms with Gasteiger partial charge in [0.1, 0.15) is 0 Å². The maximum atomic E-state index is 6.90. The average molecular weight is 406 g/mol. The molecule has 30 heavy (non-hydrogen) atoms. The fraction of sp³-hybridized carbons (Fsp3) is 0.786. The Kier molecular flexibility index (Phi) is 4.57. The van der Waals surface area contributed by atoms with Crippen LogP contribution in [0.25, 0.3) is 0 Å². The Labute approximate surface area is 182 Å². The molecule has 10 unspecified atom stereocenters. The van der Waals surface area contributed by atoms with Crippen molar-refractivity contribution in [2.75, 3.05) is 0 Å². The Morgan fingerprint density at radius 2 is 1.40 bits per heavy atom. The highest BCUT2D eigenvalue weighted by Gasteiger charge is 2.61. The van der Waals surface area contributed by atoms with Crippen molar-refractivity contribution in [3.63, 3.8) is 0 Å². The summed E-state index contributed by atoms with van der Waals surface area (Å²) in [6, 6.07) is 14.0. The minimum Gasteiger partial charge on any atom is -0.372 e. The summed E-state index contributed by atoms with van der Waals surface area (Å²) in [5.41, 5.74) is 1.64. The molecule has 0 N–H and O–H groups in total. The molecule has 6 fully saturated rings. The SMILES string of the molecule is c1ccc(C2CCC3C4C2CCCC4C2CCCC4OC5CCCCC5N3C42)cc1. The second-order valence-electron chi connectivity index (χ2n) is 11.6. The molecule has 6 aliphatic rings. The van der Waals surface area contributed by atoms with Crippen molar-refractivity contribution in [3.8, 4) is 0 Å². The van der Waals surface area contributed by atoms with E-state index in [0.717, 1.165) is 47.7 Å². The topological polar surface area (TPSA) is 12.5 Å². The number of rotatable bonds is 1. The molecule has 0 bridgehead atoms. The summed E-state index contributed by atoms with van der Waals surface area (Å²) in [6.45, 7) is 0. The summed E-state index contributed by atoms with van der Waals surface area (Å²) in [5.74, 6) is 4.60. The van der Waals surface area contributed by atoms with Gasteiger partial charge in [-0.25, -0.2) is 0 Å². The van der Waals surface area contributed by atoms with E-state index in [1.54, 1.807) is 5.56 Å². The first-order valence-electron chi connectivity index (χ1n) is 13.4. The molecule has 2 saturated heterocycles. The minimum absolute atomic E-state index is 0.546. The summed E-state index contributed by atoms with van der Waals surface area (Å²) in [5, 5.41) is 0. The summed E-state index contributed by atoms with van der Waals surface area (Å²) in [4.78, 5) is 3.18. The number of morpholine rings is 1. The van der Waals surface area contributed by atoms with Crippen molar-refractivity contribution in [2.24, 2.45) is 23.7 Å². The van der Waals surface area contributed by atoms with Crippen molar-refractivity contribution >= 4 is 0 Å². The smallest absolute Gasteiger partial charge is 0.0737 e. The zero-order valence-corrected chi connectivity index (χ0v) is 18.5. The third-order valence-electron chi connectivity index (χ3n) is 10.5. The number of ether oxygens (including phenoxy) is 1. The average Bonchev–Trinajstić information content (AvgIpc) is 2.82. The second kappa shape index (κ2) is 7.34. The fourth-order valence-electron chi connectivity index (χ4n) is 9.74. The van der Waals surface area contributed by atoms with Crippen LogP contribution in [0.2, 0.25) is 0 Å². The summed E-state index contributed by atoms with van der Waals surface area (Å²) in [7, 11) is 0. The Morgan fingerprint density at radius 1 is 0.633 bits per heavy atom. The molecule has 10 atom stereocenters. The van der Waals surface area contributed by atoms with Crippen molar-refractivity contribution in [2.45, 2.75) is 113 Å². The maximum absolute atomic E-state index is 6.90. The highest BCUT2D eigenvalue weighted by Crippen LogP contribution is 2.60. The van der Waals surface area contributed by atoms with Crippen LogP contribution in [-0.2, 0) is 4.74 Å². The van der Waals surface area contributed by atoms with Crippen LogP contribution in [0.15, 0.2) is 30.3 Å². The second-order valence-corrected chi connectivity index (χ2v) is 11.6. The molecule has 1 aromatic carbocycles. The van der Waals surface area contributed by atoms with Gasteiger partial charge in [0.25, 0.3) is 0 Å². The Balaban J connectivity index is 1.29. The van der Waals surface area contributed by atoms with Gasteiger partial charge in [-0.3, -0.25) is 4.90 Å². The van der Waals surface area contributed by atoms with Gasteiger partial charge in [-0.05, 0) is 86.5 Å². The third-order valence-corrected chi connectivity index (χ3v) is 10.5. The van der Waals surface area contributed by atoms with Crippen LogP contribution < -0.4 is 0 Å². The molecule has 2 heterocycles. The zero-order chi connectivity index (χ0) is 19.7. The molecule has 2 aliphatic heterocycles. The molecule has 4 saturated carbocycles. The quantitative estimate of drug-likeness (QED) is 0.555. The molecule has 0 radical (unpaired) electrons. The van der Waals surface area contributed by atoms with E-state index in [4.69, 9.17) is 4.74 Å². The normalized spacial score (nSPS) is 50.1. The Morgan fingerprint density at radius 3 is 2.33 bits per heavy atom. The molecule has 1 aromatic rings. The summed E-state index contributed by atoms with van der Waals surface area (Å²) >= 11 is 0. The number of hydrogen-bond acceptors (Lipinski definition) is 2. The van der Waals surface area contributed by atoms with Crippen LogP contribution in [0, 0.1) is 23.7 Å². The van der Waals surface area contributed by atoms with E-state index in [-0.39, 0.29) is 0 Å². The maximum Gasteiger partial charge on any atom is 0.0737 e. The standard InChI is InChI=1S/C28H39NO/c1-2-8-18(9-3-1)19-16-17-24-27-20(19)10-6-11-21(27)22-12-7-15-26-28(22)29(24)23-13-4-5-14-25(23)30-26/h1-3,8-9,19-28H,4-7,10-17H2. The molecule has 162 valence electrons. The number of piperidine rings is 1. The van der Waals surface area contributed by atoms with E-state index in [1.165, 1.54) is 77.0 Å². The highest BCUT2D eigenvalue weighted by atomic mass is 16.5. The highest BCUT2D eigenvalue weighted by molar-refractivity contribution is 5.24. The largest absolute Gasteiger partial charge is 0.372 e. The first-order valence-corrected chi connectivity index (χ1v) is 13.4. The predicted molar refractivity (Wildman–Crippen MR) is 120 cm³/mol.